The number of ketones is 2. The topological polar surface area (TPSA) is 139 Å². The van der Waals surface area contributed by atoms with E-state index in [4.69, 9.17) is 9.47 Å². The van der Waals surface area contributed by atoms with E-state index in [1.807, 2.05) is 13.8 Å². The minimum absolute atomic E-state index is 0.0411. The van der Waals surface area contributed by atoms with Gasteiger partial charge in [-0.1, -0.05) is 27.7 Å². The highest BCUT2D eigenvalue weighted by Crippen LogP contribution is 2.50. The molecule has 0 aliphatic heterocycles. The summed E-state index contributed by atoms with van der Waals surface area (Å²) >= 11 is 0. The lowest BCUT2D eigenvalue weighted by Gasteiger charge is -2.39. The maximum Gasteiger partial charge on any atom is 0.277 e. The van der Waals surface area contributed by atoms with Crippen molar-refractivity contribution in [3.05, 3.63) is 50.5 Å². The summed E-state index contributed by atoms with van der Waals surface area (Å²) in [4.78, 5) is 38.0. The zero-order valence-electron chi connectivity index (χ0n) is 20.3. The van der Waals surface area contributed by atoms with Gasteiger partial charge in [-0.2, -0.15) is 0 Å². The molecule has 3 rings (SSSR count). The van der Waals surface area contributed by atoms with Gasteiger partial charge in [-0.3, -0.25) is 19.7 Å². The molecule has 0 bridgehead atoms. The highest BCUT2D eigenvalue weighted by Gasteiger charge is 2.44. The smallest absolute Gasteiger partial charge is 0.277 e. The van der Waals surface area contributed by atoms with Gasteiger partial charge in [0.25, 0.3) is 5.69 Å². The van der Waals surface area contributed by atoms with Gasteiger partial charge in [0.2, 0.25) is 0 Å². The van der Waals surface area contributed by atoms with Crippen LogP contribution in [0.1, 0.15) is 64.9 Å². The van der Waals surface area contributed by atoms with Gasteiger partial charge in [0, 0.05) is 30.4 Å². The summed E-state index contributed by atoms with van der Waals surface area (Å²) in [6.07, 6.45) is 0.275. The number of nitro groups is 1. The van der Waals surface area contributed by atoms with Crippen LogP contribution in [-0.4, -0.2) is 35.8 Å². The van der Waals surface area contributed by atoms with E-state index in [-0.39, 0.29) is 59.7 Å². The van der Waals surface area contributed by atoms with Gasteiger partial charge >= 0.3 is 0 Å². The number of Topliss-reactive ketones (excluding diaryl/α,β-unsaturated/α-hetero) is 2. The summed E-state index contributed by atoms with van der Waals surface area (Å²) in [7, 11) is 2.67. The number of aliphatic hydroxyl groups is 1. The van der Waals surface area contributed by atoms with E-state index >= 15 is 0 Å². The number of hydrogen-bond acceptors (Lipinski definition) is 8. The Kier molecular flexibility index (Phi) is 6.52. The molecule has 0 saturated carbocycles. The Morgan fingerprint density at radius 3 is 1.88 bits per heavy atom. The van der Waals surface area contributed by atoms with Crippen LogP contribution in [0.15, 0.2) is 34.8 Å². The first-order chi connectivity index (χ1) is 15.7. The molecular weight excluding hydrogens is 442 g/mol. The van der Waals surface area contributed by atoms with Gasteiger partial charge in [-0.05, 0) is 28.9 Å². The Balaban J connectivity index is 2.41. The molecule has 1 unspecified atom stereocenters. The monoisotopic (exact) mass is 472 g/mol. The fraction of sp³-hybridized carbons (Fsp3) is 0.520. The number of nitrogens with zero attached hydrogens (tertiary/aromatic N) is 1. The van der Waals surface area contributed by atoms with E-state index in [2.05, 4.69) is 0 Å². The van der Waals surface area contributed by atoms with Crippen LogP contribution < -0.4 is 14.6 Å². The van der Waals surface area contributed by atoms with Crippen LogP contribution in [0.2, 0.25) is 0 Å². The molecule has 1 aromatic rings. The molecule has 2 aliphatic rings. The Morgan fingerprint density at radius 2 is 1.41 bits per heavy atom. The van der Waals surface area contributed by atoms with Gasteiger partial charge < -0.3 is 19.7 Å². The normalized spacial score (nSPS) is 20.9. The minimum atomic E-state index is -1.39. The largest absolute Gasteiger partial charge is 0.875 e. The number of allylic oxidation sites excluding steroid dienone is 4. The number of carbonyl (C=O) groups is 2. The van der Waals surface area contributed by atoms with Crippen LogP contribution in [0.25, 0.3) is 0 Å². The van der Waals surface area contributed by atoms with E-state index in [9.17, 15) is 29.9 Å². The molecule has 0 aromatic heterocycles. The Labute approximate surface area is 198 Å². The van der Waals surface area contributed by atoms with Crippen molar-refractivity contribution >= 4 is 17.3 Å². The Hall–Kier alpha value is -3.36. The SMILES string of the molecule is COc1cc(C(C2=C([O-])CC(C)(C)CC2=O)C2=C(O)CC(C)(C)CC2=O)c([N+](=O)[O-])cc1OC. The molecule has 1 atom stereocenters. The first kappa shape index (κ1) is 25.3. The second-order valence-corrected chi connectivity index (χ2v) is 10.5. The van der Waals surface area contributed by atoms with Crippen molar-refractivity contribution in [3.63, 3.8) is 0 Å². The van der Waals surface area contributed by atoms with E-state index in [1.165, 1.54) is 20.3 Å². The molecule has 0 heterocycles. The number of benzene rings is 1. The molecule has 1 N–H and O–H groups in total. The fourth-order valence-corrected chi connectivity index (χ4v) is 4.96. The molecule has 0 saturated heterocycles. The van der Waals surface area contributed by atoms with Crippen molar-refractivity contribution in [3.8, 4) is 11.5 Å². The maximum absolute atomic E-state index is 13.3. The molecule has 1 aromatic carbocycles. The van der Waals surface area contributed by atoms with Crippen molar-refractivity contribution in [2.75, 3.05) is 14.2 Å². The second-order valence-electron chi connectivity index (χ2n) is 10.5. The van der Waals surface area contributed by atoms with Gasteiger partial charge in [0.05, 0.1) is 31.1 Å². The van der Waals surface area contributed by atoms with Crippen molar-refractivity contribution in [2.45, 2.75) is 59.3 Å². The molecule has 2 aliphatic carbocycles. The van der Waals surface area contributed by atoms with Crippen LogP contribution in [0, 0.1) is 20.9 Å². The Bertz CT molecular complexity index is 1070. The van der Waals surface area contributed by atoms with E-state index in [0.717, 1.165) is 6.07 Å². The number of aliphatic hydroxyl groups excluding tert-OH is 1. The van der Waals surface area contributed by atoms with Crippen LogP contribution in [0.5, 0.6) is 11.5 Å². The van der Waals surface area contributed by atoms with E-state index in [1.54, 1.807) is 13.8 Å². The lowest BCUT2D eigenvalue weighted by atomic mass is 9.66. The number of nitro benzene ring substituents is 1. The number of methoxy groups -OCH3 is 2. The summed E-state index contributed by atoms with van der Waals surface area (Å²) in [5.41, 5.74) is -2.00. The number of hydrogen-bond donors (Lipinski definition) is 1. The second kappa shape index (κ2) is 8.77. The number of carbonyl (C=O) groups excluding carboxylic acids is 2. The van der Waals surface area contributed by atoms with Crippen LogP contribution in [-0.2, 0) is 9.59 Å². The predicted molar refractivity (Wildman–Crippen MR) is 122 cm³/mol. The summed E-state index contributed by atoms with van der Waals surface area (Å²) in [6.45, 7) is 7.22. The van der Waals surface area contributed by atoms with Crippen molar-refractivity contribution in [1.82, 2.24) is 0 Å². The number of ether oxygens (including phenoxy) is 2. The quantitative estimate of drug-likeness (QED) is 0.486. The molecule has 0 radical (unpaired) electrons. The van der Waals surface area contributed by atoms with Gasteiger partial charge in [0.1, 0.15) is 5.76 Å². The van der Waals surface area contributed by atoms with Gasteiger partial charge in [-0.15, -0.1) is 5.76 Å². The first-order valence-electron chi connectivity index (χ1n) is 11.0. The summed E-state index contributed by atoms with van der Waals surface area (Å²) < 4.78 is 10.5. The maximum atomic E-state index is 13.3. The third-order valence-electron chi connectivity index (χ3n) is 6.39. The van der Waals surface area contributed by atoms with Gasteiger partial charge in [0.15, 0.2) is 23.1 Å². The Morgan fingerprint density at radius 1 is 0.912 bits per heavy atom. The average Bonchev–Trinajstić information content (AvgIpc) is 2.68. The standard InChI is InChI=1S/C25H31NO8/c1-24(2)9-15(27)22(16(28)10-24)21(23-17(29)11-25(3,4)12-18(23)30)13-7-19(33-5)20(34-6)8-14(13)26(31)32/h7-8,21,27,29H,9-12H2,1-6H3/p-1. The highest BCUT2D eigenvalue weighted by molar-refractivity contribution is 6.05. The molecule has 9 heteroatoms. The third kappa shape index (κ3) is 4.64. The molecule has 34 heavy (non-hydrogen) atoms. The number of rotatable bonds is 6. The van der Waals surface area contributed by atoms with E-state index < -0.39 is 44.7 Å². The summed E-state index contributed by atoms with van der Waals surface area (Å²) in [5, 5.41) is 36.3. The van der Waals surface area contributed by atoms with Crippen LogP contribution in [0.4, 0.5) is 5.69 Å². The molecule has 0 spiro atoms. The summed E-state index contributed by atoms with van der Waals surface area (Å²) in [5.74, 6) is -2.89. The molecular formula is C25H30NO8-. The highest BCUT2D eigenvalue weighted by atomic mass is 16.6. The fourth-order valence-electron chi connectivity index (χ4n) is 4.96. The average molecular weight is 473 g/mol. The molecule has 0 fully saturated rings. The third-order valence-corrected chi connectivity index (χ3v) is 6.39. The lowest BCUT2D eigenvalue weighted by molar-refractivity contribution is -0.385. The van der Waals surface area contributed by atoms with Crippen LogP contribution >= 0.6 is 0 Å². The lowest BCUT2D eigenvalue weighted by Crippen LogP contribution is -2.36. The zero-order valence-corrected chi connectivity index (χ0v) is 20.3. The summed E-state index contributed by atoms with van der Waals surface area (Å²) in [6, 6.07) is 2.44. The van der Waals surface area contributed by atoms with E-state index in [0.29, 0.717) is 0 Å². The van der Waals surface area contributed by atoms with Gasteiger partial charge in [-0.25, -0.2) is 0 Å². The zero-order chi connectivity index (χ0) is 25.6. The molecule has 184 valence electrons. The van der Waals surface area contributed by atoms with Crippen LogP contribution in [0.3, 0.4) is 0 Å². The van der Waals surface area contributed by atoms with Crippen molar-refractivity contribution in [1.29, 1.82) is 0 Å². The van der Waals surface area contributed by atoms with Crippen molar-refractivity contribution < 1.29 is 34.2 Å². The minimum Gasteiger partial charge on any atom is -0.875 e. The molecule has 0 amide bonds. The van der Waals surface area contributed by atoms with Crippen molar-refractivity contribution in [2.24, 2.45) is 10.8 Å². The first-order valence-corrected chi connectivity index (χ1v) is 11.0. The molecule has 9 nitrogen and oxygen atoms in total. The predicted octanol–water partition coefficient (Wildman–Crippen LogP) is 3.90.